The maximum Gasteiger partial charge on any atom is 0.238 e. The van der Waals surface area contributed by atoms with E-state index in [2.05, 4.69) is 5.32 Å². The van der Waals surface area contributed by atoms with Crippen molar-refractivity contribution >= 4 is 15.7 Å². The molecule has 6 nitrogen and oxygen atoms in total. The van der Waals surface area contributed by atoms with Crippen LogP contribution in [0.25, 0.3) is 0 Å². The fraction of sp³-hybridized carbons (Fsp3) is 0.909. The van der Waals surface area contributed by atoms with Gasteiger partial charge in [0, 0.05) is 19.3 Å². The summed E-state index contributed by atoms with van der Waals surface area (Å²) in [7, 11) is -1.21. The van der Waals surface area contributed by atoms with Gasteiger partial charge in [-0.3, -0.25) is 4.79 Å². The molecule has 3 N–H and O–H groups in total. The van der Waals surface area contributed by atoms with E-state index in [9.17, 15) is 13.2 Å². The van der Waals surface area contributed by atoms with Crippen LogP contribution in [0.15, 0.2) is 0 Å². The van der Waals surface area contributed by atoms with Gasteiger partial charge in [-0.1, -0.05) is 6.92 Å². The van der Waals surface area contributed by atoms with Crippen molar-refractivity contribution in [1.82, 2.24) is 10.2 Å². The van der Waals surface area contributed by atoms with Crippen molar-refractivity contribution in [1.29, 1.82) is 0 Å². The van der Waals surface area contributed by atoms with Gasteiger partial charge in [-0.05, 0) is 26.9 Å². The predicted octanol–water partition coefficient (Wildman–Crippen LogP) is -0.794. The van der Waals surface area contributed by atoms with Gasteiger partial charge < -0.3 is 16.0 Å². The van der Waals surface area contributed by atoms with Gasteiger partial charge in [-0.25, -0.2) is 8.42 Å². The van der Waals surface area contributed by atoms with Crippen LogP contribution in [0.3, 0.4) is 0 Å². The lowest BCUT2D eigenvalue weighted by molar-refractivity contribution is -0.124. The number of nitrogens with two attached hydrogens (primary N) is 1. The Balaban J connectivity index is 4.45. The second kappa shape index (κ2) is 7.06. The van der Waals surface area contributed by atoms with Gasteiger partial charge in [0.1, 0.15) is 15.4 Å². The Hall–Kier alpha value is -0.660. The van der Waals surface area contributed by atoms with Crippen LogP contribution in [0, 0.1) is 0 Å². The summed E-state index contributed by atoms with van der Waals surface area (Å²) in [4.78, 5) is 13.3. The molecule has 0 saturated carbocycles. The van der Waals surface area contributed by atoms with E-state index in [1.165, 1.54) is 6.26 Å². The van der Waals surface area contributed by atoms with Crippen LogP contribution < -0.4 is 11.1 Å². The molecule has 0 heterocycles. The Morgan fingerprint density at radius 3 is 2.39 bits per heavy atom. The molecule has 0 aromatic carbocycles. The molecule has 0 saturated heterocycles. The zero-order chi connectivity index (χ0) is 14.4. The first-order valence-corrected chi connectivity index (χ1v) is 8.08. The molecule has 0 bridgehead atoms. The minimum Gasteiger partial charge on any atom is -0.368 e. The van der Waals surface area contributed by atoms with Crippen LogP contribution in [0.5, 0.6) is 0 Å². The van der Waals surface area contributed by atoms with Gasteiger partial charge in [0.25, 0.3) is 0 Å². The molecule has 1 unspecified atom stereocenters. The molecule has 18 heavy (non-hydrogen) atoms. The molecule has 1 atom stereocenters. The highest BCUT2D eigenvalue weighted by Gasteiger charge is 2.31. The second-order valence-electron chi connectivity index (χ2n) is 4.99. The summed E-state index contributed by atoms with van der Waals surface area (Å²) in [5, 5.41) is 3.11. The first-order chi connectivity index (χ1) is 8.10. The summed E-state index contributed by atoms with van der Waals surface area (Å²) < 4.78 is 22.1. The van der Waals surface area contributed by atoms with Crippen molar-refractivity contribution in [2.75, 3.05) is 38.7 Å². The monoisotopic (exact) mass is 279 g/mol. The van der Waals surface area contributed by atoms with Crippen LogP contribution in [-0.2, 0) is 14.6 Å². The third kappa shape index (κ3) is 6.93. The van der Waals surface area contributed by atoms with Gasteiger partial charge in [-0.15, -0.1) is 0 Å². The summed E-state index contributed by atoms with van der Waals surface area (Å²) in [6.07, 6.45) is 2.10. The maximum atomic E-state index is 11.5. The Morgan fingerprint density at radius 2 is 2.00 bits per heavy atom. The van der Waals surface area contributed by atoms with E-state index in [4.69, 9.17) is 5.73 Å². The van der Waals surface area contributed by atoms with Crippen LogP contribution >= 0.6 is 0 Å². The van der Waals surface area contributed by atoms with Gasteiger partial charge in [0.15, 0.2) is 0 Å². The molecular weight excluding hydrogens is 254 g/mol. The maximum absolute atomic E-state index is 11.5. The van der Waals surface area contributed by atoms with E-state index in [1.54, 1.807) is 18.9 Å². The third-order valence-electron chi connectivity index (χ3n) is 2.74. The van der Waals surface area contributed by atoms with Crippen molar-refractivity contribution < 1.29 is 13.2 Å². The molecule has 0 spiro atoms. The van der Waals surface area contributed by atoms with Crippen LogP contribution in [0.4, 0.5) is 0 Å². The number of hydrogen-bond acceptors (Lipinski definition) is 5. The summed E-state index contributed by atoms with van der Waals surface area (Å²) >= 11 is 0. The topological polar surface area (TPSA) is 92.5 Å². The number of nitrogens with one attached hydrogen (secondary N) is 1. The molecule has 0 aromatic heterocycles. The quantitative estimate of drug-likeness (QED) is 0.577. The highest BCUT2D eigenvalue weighted by Crippen LogP contribution is 2.05. The van der Waals surface area contributed by atoms with Crippen LogP contribution in [0.1, 0.15) is 20.3 Å². The average molecular weight is 279 g/mol. The molecule has 0 aliphatic rings. The van der Waals surface area contributed by atoms with E-state index in [-0.39, 0.29) is 5.75 Å². The van der Waals surface area contributed by atoms with E-state index in [0.29, 0.717) is 19.6 Å². The number of amides is 1. The normalized spacial score (nSPS) is 15.6. The molecule has 0 aromatic rings. The number of sulfone groups is 1. The number of primary amides is 1. The smallest absolute Gasteiger partial charge is 0.238 e. The number of hydrogen-bond donors (Lipinski definition) is 2. The van der Waals surface area contributed by atoms with Gasteiger partial charge in [-0.2, -0.15) is 0 Å². The Kier molecular flexibility index (Phi) is 6.80. The van der Waals surface area contributed by atoms with E-state index < -0.39 is 21.3 Å². The first-order valence-electron chi connectivity index (χ1n) is 6.02. The van der Waals surface area contributed by atoms with Crippen molar-refractivity contribution in [3.63, 3.8) is 0 Å². The molecule has 0 rings (SSSR count). The molecule has 108 valence electrons. The Bertz CT molecular complexity index is 370. The molecule has 0 fully saturated rings. The van der Waals surface area contributed by atoms with Gasteiger partial charge in [0.05, 0.1) is 5.75 Å². The highest BCUT2D eigenvalue weighted by molar-refractivity contribution is 7.90. The average Bonchev–Trinajstić information content (AvgIpc) is 2.22. The summed E-state index contributed by atoms with van der Waals surface area (Å²) in [6, 6.07) is 0. The number of rotatable bonds is 9. The Morgan fingerprint density at radius 1 is 1.44 bits per heavy atom. The highest BCUT2D eigenvalue weighted by atomic mass is 32.2. The van der Waals surface area contributed by atoms with E-state index >= 15 is 0 Å². The van der Waals surface area contributed by atoms with E-state index in [0.717, 1.165) is 6.42 Å². The van der Waals surface area contributed by atoms with Crippen molar-refractivity contribution in [2.45, 2.75) is 25.8 Å². The van der Waals surface area contributed by atoms with Crippen LogP contribution in [-0.4, -0.2) is 63.5 Å². The minimum atomic E-state index is -2.99. The summed E-state index contributed by atoms with van der Waals surface area (Å²) in [5.41, 5.74) is 4.56. The fourth-order valence-corrected chi connectivity index (χ4v) is 2.21. The lowest BCUT2D eigenvalue weighted by Gasteiger charge is -2.32. The number of carbonyl (C=O) groups excluding carboxylic acids is 1. The molecule has 7 heteroatoms. The predicted molar refractivity (Wildman–Crippen MR) is 73.1 cm³/mol. The van der Waals surface area contributed by atoms with Crippen molar-refractivity contribution in [2.24, 2.45) is 5.73 Å². The van der Waals surface area contributed by atoms with Gasteiger partial charge in [0.2, 0.25) is 5.91 Å². The Labute approximate surface area is 110 Å². The molecule has 0 radical (unpaired) electrons. The lowest BCUT2D eigenvalue weighted by Crippen LogP contribution is -2.59. The standard InChI is InChI=1S/C11H25N3O3S/c1-5-6-13-11(2,10(12)15)9-14(3)7-8-18(4,16)17/h13H,5-9H2,1-4H3,(H2,12,15). The number of likely N-dealkylation sites (N-methyl/N-ethyl adjacent to an activating group) is 1. The minimum absolute atomic E-state index is 0.0755. The lowest BCUT2D eigenvalue weighted by atomic mass is 10.0. The zero-order valence-corrected chi connectivity index (χ0v) is 12.5. The number of nitrogens with zero attached hydrogens (tertiary/aromatic N) is 1. The summed E-state index contributed by atoms with van der Waals surface area (Å²) in [6.45, 7) is 5.20. The SMILES string of the molecule is CCCNC(C)(CN(C)CCS(C)(=O)=O)C(N)=O. The van der Waals surface area contributed by atoms with Crippen LogP contribution in [0.2, 0.25) is 0 Å². The van der Waals surface area contributed by atoms with Crippen molar-refractivity contribution in [3.05, 3.63) is 0 Å². The molecule has 0 aliphatic heterocycles. The molecule has 1 amide bonds. The zero-order valence-electron chi connectivity index (χ0n) is 11.7. The van der Waals surface area contributed by atoms with E-state index in [1.807, 2.05) is 6.92 Å². The third-order valence-corrected chi connectivity index (χ3v) is 3.66. The van der Waals surface area contributed by atoms with Crippen molar-refractivity contribution in [3.8, 4) is 0 Å². The summed E-state index contributed by atoms with van der Waals surface area (Å²) in [5.74, 6) is -0.353. The van der Waals surface area contributed by atoms with Gasteiger partial charge >= 0.3 is 0 Å². The largest absolute Gasteiger partial charge is 0.368 e. The number of carbonyl (C=O) groups is 1. The first kappa shape index (κ1) is 17.3. The molecular formula is C11H25N3O3S. The fourth-order valence-electron chi connectivity index (χ4n) is 1.56. The molecule has 0 aliphatic carbocycles. The second-order valence-corrected chi connectivity index (χ2v) is 7.25.